The first kappa shape index (κ1) is 13.0. The lowest BCUT2D eigenvalue weighted by Crippen LogP contribution is -2.59. The minimum absolute atomic E-state index is 0.102. The van der Waals surface area contributed by atoms with E-state index in [-0.39, 0.29) is 19.1 Å². The molecular weight excluding hydrogens is 254 g/mol. The molecule has 1 aromatic rings. The van der Waals surface area contributed by atoms with Gasteiger partial charge in [0.05, 0.1) is 20.3 Å². The Morgan fingerprint density at radius 3 is 2.83 bits per heavy atom. The molecule has 18 heavy (non-hydrogen) atoms. The Hall–Kier alpha value is -1.40. The molecule has 1 aliphatic rings. The van der Waals surface area contributed by atoms with Crippen LogP contribution in [0.15, 0.2) is 17.5 Å². The zero-order valence-corrected chi connectivity index (χ0v) is 10.9. The Balaban J connectivity index is 1.85. The van der Waals surface area contributed by atoms with E-state index in [0.29, 0.717) is 6.54 Å². The zero-order chi connectivity index (χ0) is 13.0. The predicted octanol–water partition coefficient (Wildman–Crippen LogP) is 0.596. The first-order valence-corrected chi connectivity index (χ1v) is 6.54. The Morgan fingerprint density at radius 2 is 2.33 bits per heavy atom. The summed E-state index contributed by atoms with van der Waals surface area (Å²) in [6.45, 7) is 0.715. The molecule has 0 atom stereocenters. The highest BCUT2D eigenvalue weighted by molar-refractivity contribution is 7.09. The maximum atomic E-state index is 12.0. The van der Waals surface area contributed by atoms with Gasteiger partial charge in [0.1, 0.15) is 0 Å². The number of amides is 1. The summed E-state index contributed by atoms with van der Waals surface area (Å²) in [4.78, 5) is 24.8. The largest absolute Gasteiger partial charge is 0.468 e. The summed E-state index contributed by atoms with van der Waals surface area (Å²) in [7, 11) is 1.28. The van der Waals surface area contributed by atoms with Crippen LogP contribution in [0.5, 0.6) is 0 Å². The van der Waals surface area contributed by atoms with Crippen LogP contribution in [-0.4, -0.2) is 38.7 Å². The number of rotatable bonds is 5. The van der Waals surface area contributed by atoms with Crippen LogP contribution in [0.4, 0.5) is 0 Å². The SMILES string of the molecule is COC(=O)C1(C(=O)NCCc2cccs2)COC1. The highest BCUT2D eigenvalue weighted by atomic mass is 32.1. The summed E-state index contributed by atoms with van der Waals surface area (Å²) in [5.41, 5.74) is -1.13. The fraction of sp³-hybridized carbons (Fsp3) is 0.500. The van der Waals surface area contributed by atoms with Crippen molar-refractivity contribution in [2.24, 2.45) is 5.41 Å². The van der Waals surface area contributed by atoms with Crippen LogP contribution in [-0.2, 0) is 25.5 Å². The molecule has 5 nitrogen and oxygen atoms in total. The number of nitrogens with one attached hydrogen (secondary N) is 1. The van der Waals surface area contributed by atoms with E-state index in [1.807, 2.05) is 17.5 Å². The monoisotopic (exact) mass is 269 g/mol. The fourth-order valence-electron chi connectivity index (χ4n) is 1.77. The molecule has 6 heteroatoms. The Morgan fingerprint density at radius 1 is 1.56 bits per heavy atom. The topological polar surface area (TPSA) is 64.6 Å². The second-order valence-electron chi connectivity index (χ2n) is 4.15. The van der Waals surface area contributed by atoms with Gasteiger partial charge in [-0.05, 0) is 17.9 Å². The zero-order valence-electron chi connectivity index (χ0n) is 10.1. The van der Waals surface area contributed by atoms with E-state index >= 15 is 0 Å². The quantitative estimate of drug-likeness (QED) is 0.628. The molecular formula is C12H15NO4S. The number of carbonyl (C=O) groups is 2. The van der Waals surface area contributed by atoms with Gasteiger partial charge in [-0.2, -0.15) is 0 Å². The van der Waals surface area contributed by atoms with Gasteiger partial charge in [0.15, 0.2) is 5.41 Å². The molecule has 2 heterocycles. The number of thiophene rings is 1. The van der Waals surface area contributed by atoms with Crippen LogP contribution in [0, 0.1) is 5.41 Å². The van der Waals surface area contributed by atoms with Crippen molar-refractivity contribution in [2.75, 3.05) is 26.9 Å². The van der Waals surface area contributed by atoms with Crippen LogP contribution in [0.3, 0.4) is 0 Å². The lowest BCUT2D eigenvalue weighted by molar-refractivity contribution is -0.188. The lowest BCUT2D eigenvalue weighted by Gasteiger charge is -2.36. The number of hydrogen-bond acceptors (Lipinski definition) is 5. The van der Waals surface area contributed by atoms with Gasteiger partial charge in [-0.3, -0.25) is 9.59 Å². The van der Waals surface area contributed by atoms with Gasteiger partial charge in [0.2, 0.25) is 5.91 Å². The summed E-state index contributed by atoms with van der Waals surface area (Å²) in [6, 6.07) is 3.98. The molecule has 0 unspecified atom stereocenters. The highest BCUT2D eigenvalue weighted by Crippen LogP contribution is 2.29. The minimum Gasteiger partial charge on any atom is -0.468 e. The van der Waals surface area contributed by atoms with Crippen molar-refractivity contribution in [2.45, 2.75) is 6.42 Å². The molecule has 1 amide bonds. The van der Waals surface area contributed by atoms with Crippen LogP contribution >= 0.6 is 11.3 Å². The third kappa shape index (κ3) is 2.39. The normalized spacial score (nSPS) is 16.7. The number of methoxy groups -OCH3 is 1. The Bertz CT molecular complexity index is 425. The van der Waals surface area contributed by atoms with E-state index in [0.717, 1.165) is 6.42 Å². The van der Waals surface area contributed by atoms with Gasteiger partial charge in [-0.25, -0.2) is 0 Å². The molecule has 1 fully saturated rings. The molecule has 0 aromatic carbocycles. The Labute approximate surface area is 109 Å². The van der Waals surface area contributed by atoms with Crippen LogP contribution in [0.2, 0.25) is 0 Å². The molecule has 98 valence electrons. The van der Waals surface area contributed by atoms with E-state index in [2.05, 4.69) is 10.1 Å². The molecule has 2 rings (SSSR count). The molecule has 0 bridgehead atoms. The maximum absolute atomic E-state index is 12.0. The van der Waals surface area contributed by atoms with Crippen molar-refractivity contribution >= 4 is 23.2 Å². The molecule has 0 radical (unpaired) electrons. The molecule has 0 saturated carbocycles. The second-order valence-corrected chi connectivity index (χ2v) is 5.18. The van der Waals surface area contributed by atoms with Crippen molar-refractivity contribution in [3.8, 4) is 0 Å². The van der Waals surface area contributed by atoms with E-state index in [1.165, 1.54) is 12.0 Å². The fourth-order valence-corrected chi connectivity index (χ4v) is 2.48. The number of carbonyl (C=O) groups excluding carboxylic acids is 2. The van der Waals surface area contributed by atoms with Crippen LogP contribution < -0.4 is 5.32 Å². The van der Waals surface area contributed by atoms with Crippen LogP contribution in [0.25, 0.3) is 0 Å². The van der Waals surface area contributed by atoms with Crippen molar-refractivity contribution in [3.05, 3.63) is 22.4 Å². The predicted molar refractivity (Wildman–Crippen MR) is 66.3 cm³/mol. The van der Waals surface area contributed by atoms with Crippen molar-refractivity contribution in [1.82, 2.24) is 5.32 Å². The van der Waals surface area contributed by atoms with Gasteiger partial charge < -0.3 is 14.8 Å². The minimum atomic E-state index is -1.13. The third-order valence-electron chi connectivity index (χ3n) is 2.94. The summed E-state index contributed by atoms with van der Waals surface area (Å²) in [6.07, 6.45) is 0.765. The molecule has 1 saturated heterocycles. The van der Waals surface area contributed by atoms with Crippen molar-refractivity contribution in [1.29, 1.82) is 0 Å². The average molecular weight is 269 g/mol. The van der Waals surface area contributed by atoms with Gasteiger partial charge in [0.25, 0.3) is 0 Å². The second kappa shape index (κ2) is 5.49. The van der Waals surface area contributed by atoms with Crippen molar-refractivity contribution < 1.29 is 19.1 Å². The lowest BCUT2D eigenvalue weighted by atomic mass is 9.85. The van der Waals surface area contributed by atoms with E-state index in [9.17, 15) is 9.59 Å². The molecule has 1 aromatic heterocycles. The first-order chi connectivity index (χ1) is 8.69. The van der Waals surface area contributed by atoms with Gasteiger partial charge >= 0.3 is 5.97 Å². The van der Waals surface area contributed by atoms with Gasteiger partial charge in [-0.1, -0.05) is 6.07 Å². The molecule has 1 N–H and O–H groups in total. The maximum Gasteiger partial charge on any atom is 0.326 e. The van der Waals surface area contributed by atoms with Crippen LogP contribution in [0.1, 0.15) is 4.88 Å². The van der Waals surface area contributed by atoms with Crippen molar-refractivity contribution in [3.63, 3.8) is 0 Å². The highest BCUT2D eigenvalue weighted by Gasteiger charge is 2.53. The number of esters is 1. The van der Waals surface area contributed by atoms with E-state index in [4.69, 9.17) is 4.74 Å². The average Bonchev–Trinajstić information content (AvgIpc) is 2.80. The van der Waals surface area contributed by atoms with E-state index in [1.54, 1.807) is 11.3 Å². The molecule has 1 aliphatic heterocycles. The first-order valence-electron chi connectivity index (χ1n) is 5.66. The summed E-state index contributed by atoms with van der Waals surface area (Å²) >= 11 is 1.65. The summed E-state index contributed by atoms with van der Waals surface area (Å²) < 4.78 is 9.63. The van der Waals surface area contributed by atoms with E-state index < -0.39 is 11.4 Å². The third-order valence-corrected chi connectivity index (χ3v) is 3.88. The smallest absolute Gasteiger partial charge is 0.326 e. The van der Waals surface area contributed by atoms with Gasteiger partial charge in [0, 0.05) is 11.4 Å². The summed E-state index contributed by atoms with van der Waals surface area (Å²) in [5.74, 6) is -0.834. The standard InChI is InChI=1S/C12H15NO4S/c1-16-11(15)12(7-17-8-12)10(14)13-5-4-9-3-2-6-18-9/h2-3,6H,4-5,7-8H2,1H3,(H,13,14). The molecule has 0 aliphatic carbocycles. The number of ether oxygens (including phenoxy) is 2. The summed E-state index contributed by atoms with van der Waals surface area (Å²) in [5, 5.41) is 4.76. The molecule has 0 spiro atoms. The van der Waals surface area contributed by atoms with Gasteiger partial charge in [-0.15, -0.1) is 11.3 Å². The Kier molecular flexibility index (Phi) is 3.98. The number of hydrogen-bond donors (Lipinski definition) is 1.